The highest BCUT2D eigenvalue weighted by Gasteiger charge is 2.43. The molecule has 1 N–H and O–H groups in total. The predicted octanol–water partition coefficient (Wildman–Crippen LogP) is 2.11. The van der Waals surface area contributed by atoms with Crippen LogP contribution in [0.4, 0.5) is 0 Å². The minimum Gasteiger partial charge on any atom is -0.393 e. The molecule has 1 atom stereocenters. The summed E-state index contributed by atoms with van der Waals surface area (Å²) in [7, 11) is 0. The quantitative estimate of drug-likeness (QED) is 0.471. The molecule has 0 aliphatic carbocycles. The van der Waals surface area contributed by atoms with Crippen LogP contribution < -0.4 is 0 Å². The van der Waals surface area contributed by atoms with E-state index in [2.05, 4.69) is 6.92 Å². The van der Waals surface area contributed by atoms with Crippen LogP contribution in [0.2, 0.25) is 0 Å². The number of hydrogen-bond acceptors (Lipinski definition) is 2. The van der Waals surface area contributed by atoms with Crippen molar-refractivity contribution in [3.63, 3.8) is 0 Å². The zero-order valence-corrected chi connectivity index (χ0v) is 8.01. The normalized spacial score (nSPS) is 27.5. The summed E-state index contributed by atoms with van der Waals surface area (Å²) < 4.78 is 5.20. The van der Waals surface area contributed by atoms with Gasteiger partial charge in [-0.3, -0.25) is 0 Å². The smallest absolute Gasteiger partial charge is 0.115 e. The van der Waals surface area contributed by atoms with E-state index in [0.29, 0.717) is 0 Å². The standard InChI is InChI=1S/C10H20O2/c1-2-3-4-5-6-7-10(8-11)9-12-10/h11H,2-9H2,1H3. The van der Waals surface area contributed by atoms with Gasteiger partial charge in [0.25, 0.3) is 0 Å². The van der Waals surface area contributed by atoms with E-state index in [4.69, 9.17) is 9.84 Å². The molecule has 0 aromatic rings. The van der Waals surface area contributed by atoms with Crippen molar-refractivity contribution in [1.29, 1.82) is 0 Å². The Balaban J connectivity index is 1.89. The molecule has 1 aliphatic heterocycles. The first kappa shape index (κ1) is 10.0. The van der Waals surface area contributed by atoms with Crippen molar-refractivity contribution < 1.29 is 9.84 Å². The van der Waals surface area contributed by atoms with Crippen LogP contribution in [0.25, 0.3) is 0 Å². The predicted molar refractivity (Wildman–Crippen MR) is 49.1 cm³/mol. The molecule has 0 bridgehead atoms. The molecule has 72 valence electrons. The molecule has 2 nitrogen and oxygen atoms in total. The maximum atomic E-state index is 8.93. The van der Waals surface area contributed by atoms with Gasteiger partial charge in [-0.05, 0) is 6.42 Å². The number of aliphatic hydroxyl groups is 1. The summed E-state index contributed by atoms with van der Waals surface area (Å²) in [6.45, 7) is 3.21. The molecule has 1 heterocycles. The zero-order chi connectivity index (χ0) is 8.86. The molecule has 0 aromatic heterocycles. The van der Waals surface area contributed by atoms with E-state index in [1.54, 1.807) is 0 Å². The van der Waals surface area contributed by atoms with Gasteiger partial charge in [-0.25, -0.2) is 0 Å². The van der Waals surface area contributed by atoms with Crippen LogP contribution in [0.3, 0.4) is 0 Å². The lowest BCUT2D eigenvalue weighted by Crippen LogP contribution is -2.15. The molecule has 1 rings (SSSR count). The molecule has 1 unspecified atom stereocenters. The molecule has 0 aromatic carbocycles. The SMILES string of the molecule is CCCCCCCC1(CO)CO1. The average Bonchev–Trinajstić information content (AvgIpc) is 2.85. The zero-order valence-electron chi connectivity index (χ0n) is 8.01. The first-order valence-electron chi connectivity index (χ1n) is 5.08. The van der Waals surface area contributed by atoms with Crippen molar-refractivity contribution in [2.24, 2.45) is 0 Å². The van der Waals surface area contributed by atoms with Crippen molar-refractivity contribution in [3.8, 4) is 0 Å². The van der Waals surface area contributed by atoms with Gasteiger partial charge < -0.3 is 9.84 Å². The van der Waals surface area contributed by atoms with Crippen LogP contribution in [-0.4, -0.2) is 23.9 Å². The number of unbranched alkanes of at least 4 members (excludes halogenated alkanes) is 4. The van der Waals surface area contributed by atoms with Crippen LogP contribution in [0.15, 0.2) is 0 Å². The van der Waals surface area contributed by atoms with E-state index in [-0.39, 0.29) is 12.2 Å². The second kappa shape index (κ2) is 4.83. The third kappa shape index (κ3) is 3.11. The molecule has 0 radical (unpaired) electrons. The second-order valence-electron chi connectivity index (χ2n) is 3.79. The summed E-state index contributed by atoms with van der Waals surface area (Å²) in [5.74, 6) is 0. The molecular weight excluding hydrogens is 152 g/mol. The molecular formula is C10H20O2. The molecule has 1 fully saturated rings. The molecule has 0 spiro atoms. The lowest BCUT2D eigenvalue weighted by Gasteiger charge is -2.06. The van der Waals surface area contributed by atoms with Crippen LogP contribution in [-0.2, 0) is 4.74 Å². The number of aliphatic hydroxyl groups excluding tert-OH is 1. The Kier molecular flexibility index (Phi) is 4.02. The summed E-state index contributed by atoms with van der Waals surface area (Å²) in [6.07, 6.45) is 7.51. The highest BCUT2D eigenvalue weighted by atomic mass is 16.6. The first-order valence-corrected chi connectivity index (χ1v) is 5.08. The van der Waals surface area contributed by atoms with Crippen molar-refractivity contribution in [3.05, 3.63) is 0 Å². The van der Waals surface area contributed by atoms with Crippen LogP contribution >= 0.6 is 0 Å². The van der Waals surface area contributed by atoms with E-state index in [1.807, 2.05) is 0 Å². The Morgan fingerprint density at radius 1 is 1.25 bits per heavy atom. The molecule has 2 heteroatoms. The number of rotatable bonds is 7. The van der Waals surface area contributed by atoms with Gasteiger partial charge in [0.15, 0.2) is 0 Å². The molecule has 1 aliphatic rings. The topological polar surface area (TPSA) is 32.8 Å². The monoisotopic (exact) mass is 172 g/mol. The summed E-state index contributed by atoms with van der Waals surface area (Å²) in [6, 6.07) is 0. The fraction of sp³-hybridized carbons (Fsp3) is 1.00. The van der Waals surface area contributed by atoms with Gasteiger partial charge in [0.05, 0.1) is 13.2 Å². The highest BCUT2D eigenvalue weighted by molar-refractivity contribution is 4.90. The fourth-order valence-corrected chi connectivity index (χ4v) is 1.47. The van der Waals surface area contributed by atoms with E-state index in [9.17, 15) is 0 Å². The van der Waals surface area contributed by atoms with E-state index < -0.39 is 0 Å². The van der Waals surface area contributed by atoms with Gasteiger partial charge in [0.2, 0.25) is 0 Å². The number of ether oxygens (including phenoxy) is 1. The van der Waals surface area contributed by atoms with E-state index in [0.717, 1.165) is 13.0 Å². The highest BCUT2D eigenvalue weighted by Crippen LogP contribution is 2.32. The molecule has 0 saturated carbocycles. The van der Waals surface area contributed by atoms with Gasteiger partial charge in [-0.2, -0.15) is 0 Å². The second-order valence-corrected chi connectivity index (χ2v) is 3.79. The number of epoxide rings is 1. The van der Waals surface area contributed by atoms with Gasteiger partial charge in [-0.1, -0.05) is 39.0 Å². The van der Waals surface area contributed by atoms with Crippen LogP contribution in [0.1, 0.15) is 45.4 Å². The van der Waals surface area contributed by atoms with Crippen LogP contribution in [0, 0.1) is 0 Å². The first-order chi connectivity index (χ1) is 5.83. The average molecular weight is 172 g/mol. The molecule has 12 heavy (non-hydrogen) atoms. The number of hydrogen-bond donors (Lipinski definition) is 1. The summed E-state index contributed by atoms with van der Waals surface area (Å²) >= 11 is 0. The Hall–Kier alpha value is -0.0800. The molecule has 0 amide bonds. The van der Waals surface area contributed by atoms with Crippen LogP contribution in [0.5, 0.6) is 0 Å². The largest absolute Gasteiger partial charge is 0.393 e. The Bertz CT molecular complexity index is 119. The van der Waals surface area contributed by atoms with Crippen molar-refractivity contribution in [2.75, 3.05) is 13.2 Å². The lowest BCUT2D eigenvalue weighted by atomic mass is 10.0. The minimum absolute atomic E-state index is 0.105. The molecule has 1 saturated heterocycles. The van der Waals surface area contributed by atoms with Gasteiger partial charge in [0, 0.05) is 0 Å². The van der Waals surface area contributed by atoms with Gasteiger partial charge >= 0.3 is 0 Å². The Labute approximate surface area is 74.9 Å². The third-order valence-electron chi connectivity index (χ3n) is 2.58. The summed E-state index contributed by atoms with van der Waals surface area (Å²) in [5, 5.41) is 8.93. The van der Waals surface area contributed by atoms with Gasteiger partial charge in [0.1, 0.15) is 5.60 Å². The van der Waals surface area contributed by atoms with Crippen molar-refractivity contribution in [1.82, 2.24) is 0 Å². The van der Waals surface area contributed by atoms with E-state index in [1.165, 1.54) is 32.1 Å². The fourth-order valence-electron chi connectivity index (χ4n) is 1.47. The maximum Gasteiger partial charge on any atom is 0.115 e. The lowest BCUT2D eigenvalue weighted by molar-refractivity contribution is 0.161. The summed E-state index contributed by atoms with van der Waals surface area (Å²) in [4.78, 5) is 0. The summed E-state index contributed by atoms with van der Waals surface area (Å²) in [5.41, 5.74) is -0.105. The van der Waals surface area contributed by atoms with Crippen molar-refractivity contribution >= 4 is 0 Å². The van der Waals surface area contributed by atoms with Gasteiger partial charge in [-0.15, -0.1) is 0 Å². The maximum absolute atomic E-state index is 8.93. The van der Waals surface area contributed by atoms with E-state index >= 15 is 0 Å². The van der Waals surface area contributed by atoms with Crippen molar-refractivity contribution in [2.45, 2.75) is 51.0 Å². The third-order valence-corrected chi connectivity index (χ3v) is 2.58. The Morgan fingerprint density at radius 3 is 2.42 bits per heavy atom. The minimum atomic E-state index is -0.105. The Morgan fingerprint density at radius 2 is 1.92 bits per heavy atom.